The summed E-state index contributed by atoms with van der Waals surface area (Å²) in [6, 6.07) is 9.55. The van der Waals surface area contributed by atoms with Crippen LogP contribution in [0.3, 0.4) is 0 Å². The van der Waals surface area contributed by atoms with E-state index in [-0.39, 0.29) is 55.4 Å². The normalized spacial score (nSPS) is 39.7. The lowest BCUT2D eigenvalue weighted by molar-refractivity contribution is -0.365. The topological polar surface area (TPSA) is 69.7 Å². The van der Waals surface area contributed by atoms with Crippen LogP contribution < -0.4 is 0 Å². The monoisotopic (exact) mass is 752 g/mol. The summed E-state index contributed by atoms with van der Waals surface area (Å²) in [5, 5.41) is 0. The Morgan fingerprint density at radius 2 is 1.42 bits per heavy atom. The summed E-state index contributed by atoms with van der Waals surface area (Å²) in [7, 11) is 0. The first-order chi connectivity index (χ1) is 24.2. The zero-order chi connectivity index (χ0) is 39.4. The van der Waals surface area contributed by atoms with Crippen molar-refractivity contribution in [2.24, 2.45) is 56.2 Å². The van der Waals surface area contributed by atoms with Crippen molar-refractivity contribution in [2.45, 2.75) is 138 Å². The summed E-state index contributed by atoms with van der Waals surface area (Å²) >= 11 is 0. The van der Waals surface area contributed by atoms with E-state index >= 15 is 0 Å². The molecule has 5 aliphatic carbocycles. The minimum atomic E-state index is -5.86. The maximum atomic E-state index is 14.7. The third-order valence-corrected chi connectivity index (χ3v) is 16.0. The van der Waals surface area contributed by atoms with Gasteiger partial charge in [0.1, 0.15) is 6.61 Å². The van der Waals surface area contributed by atoms with Crippen LogP contribution in [0.1, 0.15) is 119 Å². The molecule has 1 aromatic carbocycles. The average molecular weight is 753 g/mol. The number of ether oxygens (including phenoxy) is 2. The zero-order valence-electron chi connectivity index (χ0n) is 32.2. The van der Waals surface area contributed by atoms with E-state index in [0.717, 1.165) is 30.4 Å². The van der Waals surface area contributed by atoms with Gasteiger partial charge in [0.2, 0.25) is 0 Å². The summed E-state index contributed by atoms with van der Waals surface area (Å²) < 4.78 is 92.7. The van der Waals surface area contributed by atoms with Crippen LogP contribution in [0, 0.1) is 56.2 Å². The van der Waals surface area contributed by atoms with Crippen LogP contribution in [0.2, 0.25) is 0 Å². The third kappa shape index (κ3) is 5.81. The van der Waals surface area contributed by atoms with E-state index in [9.17, 15) is 40.7 Å². The molecule has 0 radical (unpaired) electrons. The van der Waals surface area contributed by atoms with E-state index < -0.39 is 62.8 Å². The van der Waals surface area contributed by atoms with E-state index in [1.54, 1.807) is 13.8 Å². The Morgan fingerprint density at radius 1 is 0.811 bits per heavy atom. The van der Waals surface area contributed by atoms with E-state index in [1.165, 1.54) is 0 Å². The fourth-order valence-electron chi connectivity index (χ4n) is 12.2. The molecule has 6 rings (SSSR count). The van der Waals surface area contributed by atoms with Crippen LogP contribution in [0.15, 0.2) is 42.0 Å². The number of hydrogen-bond acceptors (Lipinski definition) is 5. The van der Waals surface area contributed by atoms with Gasteiger partial charge in [0.25, 0.3) is 5.60 Å². The summed E-state index contributed by atoms with van der Waals surface area (Å²) in [6.07, 6.45) is -4.57. The van der Waals surface area contributed by atoms with E-state index in [4.69, 9.17) is 4.74 Å². The largest absolute Gasteiger partial charge is 0.460 e. The number of alkyl halides is 6. The van der Waals surface area contributed by atoms with Gasteiger partial charge in [0, 0.05) is 5.92 Å². The number of carbonyl (C=O) groups excluding carboxylic acids is 3. The molecule has 0 aromatic heterocycles. The van der Waals surface area contributed by atoms with Crippen molar-refractivity contribution in [3.05, 3.63) is 47.5 Å². The second kappa shape index (κ2) is 12.3. The number of fused-ring (bicyclic) bond motifs is 7. The Balaban J connectivity index is 1.29. The molecule has 11 heteroatoms. The van der Waals surface area contributed by atoms with Crippen LogP contribution in [0.25, 0.3) is 0 Å². The summed E-state index contributed by atoms with van der Waals surface area (Å²) in [6.45, 7) is 14.2. The molecule has 1 aromatic rings. The number of allylic oxidation sites excluding steroid dienone is 2. The van der Waals surface area contributed by atoms with Gasteiger partial charge < -0.3 is 9.47 Å². The number of halogens is 6. The molecule has 4 saturated carbocycles. The number of hydrogen-bond donors (Lipinski definition) is 0. The van der Waals surface area contributed by atoms with Gasteiger partial charge in [-0.2, -0.15) is 26.3 Å². The Labute approximate surface area is 309 Å². The molecule has 53 heavy (non-hydrogen) atoms. The Bertz CT molecular complexity index is 1670. The molecule has 0 amide bonds. The number of rotatable bonds is 5. The summed E-state index contributed by atoms with van der Waals surface area (Å²) in [5.41, 5.74) is -6.08. The quantitative estimate of drug-likeness (QED) is 0.221. The Kier molecular flexibility index (Phi) is 9.26. The highest BCUT2D eigenvalue weighted by Gasteiger charge is 2.74. The van der Waals surface area contributed by atoms with Gasteiger partial charge in [-0.15, -0.1) is 0 Å². The molecule has 294 valence electrons. The molecule has 0 bridgehead atoms. The molecular weight excluding hydrogens is 698 g/mol. The molecular formula is C42H54F6O5. The SMILES string of the molecule is CC1(C)C2CC[C@]3(C)C(C(=O)C=C4[C@@H]5C[C@@](C)(C(=O)OCc6ccccc6)CC[C@]5(C)CC[C@]43C)[C@@]2(C)CC[C@@H]1C(=O)OC(C)(C(F)(F)F)C(F)(F)F. The molecule has 0 aliphatic heterocycles. The van der Waals surface area contributed by atoms with Crippen LogP contribution >= 0.6 is 0 Å². The zero-order valence-corrected chi connectivity index (χ0v) is 32.2. The van der Waals surface area contributed by atoms with Crippen LogP contribution in [0.4, 0.5) is 26.3 Å². The predicted octanol–water partition coefficient (Wildman–Crippen LogP) is 10.8. The molecule has 5 aliphatic rings. The van der Waals surface area contributed by atoms with Gasteiger partial charge in [0.05, 0.1) is 11.3 Å². The van der Waals surface area contributed by atoms with Crippen molar-refractivity contribution < 1.29 is 50.2 Å². The van der Waals surface area contributed by atoms with Crippen LogP contribution in [0.5, 0.6) is 0 Å². The summed E-state index contributed by atoms with van der Waals surface area (Å²) in [5.74, 6) is -3.81. The Morgan fingerprint density at radius 3 is 2.02 bits per heavy atom. The molecule has 9 atom stereocenters. The van der Waals surface area contributed by atoms with E-state index in [0.29, 0.717) is 25.7 Å². The molecule has 2 unspecified atom stereocenters. The van der Waals surface area contributed by atoms with E-state index in [2.05, 4.69) is 25.5 Å². The second-order valence-electron chi connectivity index (χ2n) is 19.2. The standard InChI is InChI=1S/C42H54F6O5/c1-34(2)26(32(50)53-40(8,41(43,44)45)42(46,47)48)14-16-37(5)30(34)15-17-39(7)31(37)29(49)22-27-28-23-36(4,19-18-35(28,3)20-21-38(27,39)6)33(51)52-24-25-12-10-9-11-13-25/h9-13,22,26,28,30-31H,14-21,23-24H2,1-8H3/t26-,28+,30?,31?,35-,36+,37+,38-,39-/m1/s1. The third-order valence-electron chi connectivity index (χ3n) is 16.0. The second-order valence-corrected chi connectivity index (χ2v) is 19.2. The predicted molar refractivity (Wildman–Crippen MR) is 186 cm³/mol. The molecule has 0 spiro atoms. The lowest BCUT2D eigenvalue weighted by Crippen LogP contribution is -2.66. The summed E-state index contributed by atoms with van der Waals surface area (Å²) in [4.78, 5) is 41.9. The molecule has 4 fully saturated rings. The molecule has 0 heterocycles. The number of esters is 2. The Hall–Kier alpha value is -2.85. The highest BCUT2D eigenvalue weighted by atomic mass is 19.4. The number of benzene rings is 1. The lowest BCUT2D eigenvalue weighted by Gasteiger charge is -2.70. The lowest BCUT2D eigenvalue weighted by atomic mass is 9.33. The highest BCUT2D eigenvalue weighted by molar-refractivity contribution is 5.96. The van der Waals surface area contributed by atoms with Gasteiger partial charge in [-0.05, 0) is 122 Å². The fourth-order valence-corrected chi connectivity index (χ4v) is 12.2. The van der Waals surface area contributed by atoms with Crippen molar-refractivity contribution in [3.8, 4) is 0 Å². The molecule has 0 saturated heterocycles. The average Bonchev–Trinajstić information content (AvgIpc) is 3.04. The van der Waals surface area contributed by atoms with Gasteiger partial charge in [-0.1, -0.05) is 77.4 Å². The van der Waals surface area contributed by atoms with Crippen LogP contribution in [-0.2, 0) is 30.5 Å². The van der Waals surface area contributed by atoms with Gasteiger partial charge in [0.15, 0.2) is 5.78 Å². The minimum Gasteiger partial charge on any atom is -0.460 e. The first-order valence-corrected chi connectivity index (χ1v) is 19.0. The van der Waals surface area contributed by atoms with Gasteiger partial charge in [-0.25, -0.2) is 0 Å². The van der Waals surface area contributed by atoms with E-state index in [1.807, 2.05) is 50.3 Å². The molecule has 5 nitrogen and oxygen atoms in total. The van der Waals surface area contributed by atoms with Crippen molar-refractivity contribution in [1.29, 1.82) is 0 Å². The number of carbonyl (C=O) groups is 3. The smallest absolute Gasteiger partial charge is 0.437 e. The first kappa shape index (κ1) is 39.8. The minimum absolute atomic E-state index is 0.00190. The van der Waals surface area contributed by atoms with Crippen molar-refractivity contribution in [1.82, 2.24) is 0 Å². The first-order valence-electron chi connectivity index (χ1n) is 19.0. The fraction of sp³-hybridized carbons (Fsp3) is 0.738. The number of ketones is 1. The maximum absolute atomic E-state index is 14.7. The van der Waals surface area contributed by atoms with Crippen LogP contribution in [-0.4, -0.2) is 35.7 Å². The molecule has 0 N–H and O–H groups in total. The van der Waals surface area contributed by atoms with Gasteiger partial charge in [-0.3, -0.25) is 14.4 Å². The van der Waals surface area contributed by atoms with Crippen molar-refractivity contribution in [2.75, 3.05) is 0 Å². The van der Waals surface area contributed by atoms with Crippen molar-refractivity contribution >= 4 is 17.7 Å². The van der Waals surface area contributed by atoms with Gasteiger partial charge >= 0.3 is 24.3 Å². The highest BCUT2D eigenvalue weighted by Crippen LogP contribution is 2.75. The maximum Gasteiger partial charge on any atom is 0.437 e. The van der Waals surface area contributed by atoms with Crippen molar-refractivity contribution in [3.63, 3.8) is 0 Å².